The molecule has 0 aliphatic rings. The first-order chi connectivity index (χ1) is 28.0. The fourth-order valence-corrected chi connectivity index (χ4v) is 7.20. The van der Waals surface area contributed by atoms with Crippen LogP contribution in [0.25, 0.3) is 0 Å². The number of carbonyl (C=O) groups is 3. The Morgan fingerprint density at radius 2 is 0.614 bits per heavy atom. The van der Waals surface area contributed by atoms with Crippen LogP contribution >= 0.6 is 0 Å². The molecule has 0 saturated carbocycles. The van der Waals surface area contributed by atoms with Gasteiger partial charge in [-0.25, -0.2) is 0 Å². The molecular weight excluding hydrogens is 709 g/mol. The molecule has 0 N–H and O–H groups in total. The molecule has 0 spiro atoms. The van der Waals surface area contributed by atoms with Gasteiger partial charge in [-0.05, 0) is 44.9 Å². The van der Waals surface area contributed by atoms with E-state index in [9.17, 15) is 14.4 Å². The van der Waals surface area contributed by atoms with Crippen molar-refractivity contribution in [3.8, 4) is 0 Å². The molecule has 0 aliphatic heterocycles. The number of unbranched alkanes of at least 4 members (excludes halogenated alkanes) is 31. The largest absolute Gasteiger partial charge is 0.462 e. The summed E-state index contributed by atoms with van der Waals surface area (Å²) in [5.74, 6) is -0.893. The minimum atomic E-state index is -0.774. The third kappa shape index (κ3) is 44.8. The lowest BCUT2D eigenvalue weighted by Gasteiger charge is -2.18. The van der Waals surface area contributed by atoms with Crippen molar-refractivity contribution in [3.05, 3.63) is 24.3 Å². The average molecular weight is 803 g/mol. The van der Waals surface area contributed by atoms with E-state index in [0.717, 1.165) is 70.6 Å². The van der Waals surface area contributed by atoms with Crippen molar-refractivity contribution in [2.45, 2.75) is 271 Å². The predicted molar refractivity (Wildman–Crippen MR) is 243 cm³/mol. The maximum atomic E-state index is 12.7. The standard InChI is InChI=1S/C51H94O6/c1-4-7-10-13-16-19-22-24-25-26-27-30-32-35-38-41-44-50(53)56-47-48(46-55-49(52)43-40-37-34-31-28-21-18-15-12-9-6-3)57-51(54)45-42-39-36-33-29-23-20-17-14-11-8-5-2/h25-27,30,48H,4-24,28-29,31-47H2,1-3H3/b26-25-,30-27-. The Bertz CT molecular complexity index is 927. The average Bonchev–Trinajstić information content (AvgIpc) is 3.21. The van der Waals surface area contributed by atoms with E-state index in [1.54, 1.807) is 0 Å². The van der Waals surface area contributed by atoms with E-state index in [2.05, 4.69) is 45.1 Å². The summed E-state index contributed by atoms with van der Waals surface area (Å²) < 4.78 is 16.7. The van der Waals surface area contributed by atoms with Gasteiger partial charge in [0.2, 0.25) is 0 Å². The second-order valence-corrected chi connectivity index (χ2v) is 16.8. The summed E-state index contributed by atoms with van der Waals surface area (Å²) in [6.07, 6.45) is 51.6. The van der Waals surface area contributed by atoms with Gasteiger partial charge in [-0.3, -0.25) is 14.4 Å². The Morgan fingerprint density at radius 3 is 0.947 bits per heavy atom. The van der Waals surface area contributed by atoms with Crippen LogP contribution in [-0.2, 0) is 28.6 Å². The summed E-state index contributed by atoms with van der Waals surface area (Å²) >= 11 is 0. The lowest BCUT2D eigenvalue weighted by Crippen LogP contribution is -2.30. The molecule has 0 heterocycles. The number of esters is 3. The fraction of sp³-hybridized carbons (Fsp3) is 0.863. The van der Waals surface area contributed by atoms with Gasteiger partial charge in [0.15, 0.2) is 6.10 Å². The van der Waals surface area contributed by atoms with E-state index in [1.807, 2.05) is 0 Å². The van der Waals surface area contributed by atoms with Crippen molar-refractivity contribution in [2.24, 2.45) is 0 Å². The van der Waals surface area contributed by atoms with Gasteiger partial charge in [-0.15, -0.1) is 0 Å². The van der Waals surface area contributed by atoms with Crippen LogP contribution < -0.4 is 0 Å². The van der Waals surface area contributed by atoms with Crippen molar-refractivity contribution < 1.29 is 28.6 Å². The van der Waals surface area contributed by atoms with E-state index in [0.29, 0.717) is 19.3 Å². The Balaban J connectivity index is 4.37. The van der Waals surface area contributed by atoms with Gasteiger partial charge in [0.25, 0.3) is 0 Å². The summed E-state index contributed by atoms with van der Waals surface area (Å²) in [6, 6.07) is 0. The zero-order chi connectivity index (χ0) is 41.5. The van der Waals surface area contributed by atoms with Gasteiger partial charge in [0.05, 0.1) is 0 Å². The lowest BCUT2D eigenvalue weighted by atomic mass is 10.0. The summed E-state index contributed by atoms with van der Waals surface area (Å²) in [4.78, 5) is 37.8. The highest BCUT2D eigenvalue weighted by Crippen LogP contribution is 2.15. The zero-order valence-electron chi connectivity index (χ0n) is 38.1. The molecule has 334 valence electrons. The van der Waals surface area contributed by atoms with Crippen LogP contribution in [-0.4, -0.2) is 37.2 Å². The third-order valence-electron chi connectivity index (χ3n) is 11.0. The number of rotatable bonds is 45. The van der Waals surface area contributed by atoms with Crippen LogP contribution in [0.2, 0.25) is 0 Å². The molecular formula is C51H94O6. The zero-order valence-corrected chi connectivity index (χ0v) is 38.1. The molecule has 6 heteroatoms. The second-order valence-electron chi connectivity index (χ2n) is 16.8. The van der Waals surface area contributed by atoms with Gasteiger partial charge < -0.3 is 14.2 Å². The van der Waals surface area contributed by atoms with Crippen molar-refractivity contribution in [1.82, 2.24) is 0 Å². The van der Waals surface area contributed by atoms with Crippen molar-refractivity contribution >= 4 is 17.9 Å². The van der Waals surface area contributed by atoms with E-state index < -0.39 is 6.10 Å². The van der Waals surface area contributed by atoms with Crippen LogP contribution in [0.5, 0.6) is 0 Å². The Labute approximate surface area is 353 Å². The molecule has 0 aromatic carbocycles. The van der Waals surface area contributed by atoms with E-state index in [4.69, 9.17) is 14.2 Å². The first kappa shape index (κ1) is 54.9. The Hall–Kier alpha value is -2.11. The molecule has 57 heavy (non-hydrogen) atoms. The smallest absolute Gasteiger partial charge is 0.306 e. The molecule has 6 nitrogen and oxygen atoms in total. The second kappa shape index (κ2) is 46.6. The SMILES string of the molecule is CCCCCCCCC/C=C\C=C/CCCCCC(=O)OCC(COC(=O)CCCCCCCCCCCCC)OC(=O)CCCCCCCCCCCCCC. The Kier molecular flexibility index (Phi) is 44.9. The number of hydrogen-bond donors (Lipinski definition) is 0. The number of hydrogen-bond acceptors (Lipinski definition) is 6. The molecule has 0 rings (SSSR count). The predicted octanol–water partition coefficient (Wildman–Crippen LogP) is 16.0. The number of allylic oxidation sites excluding steroid dienone is 4. The summed E-state index contributed by atoms with van der Waals surface area (Å²) in [5, 5.41) is 0. The molecule has 0 amide bonds. The maximum absolute atomic E-state index is 12.7. The molecule has 1 unspecified atom stereocenters. The summed E-state index contributed by atoms with van der Waals surface area (Å²) in [5.41, 5.74) is 0. The highest BCUT2D eigenvalue weighted by molar-refractivity contribution is 5.71. The normalized spacial score (nSPS) is 12.1. The van der Waals surface area contributed by atoms with Crippen LogP contribution in [0.15, 0.2) is 24.3 Å². The quantitative estimate of drug-likeness (QED) is 0.0264. The van der Waals surface area contributed by atoms with Crippen molar-refractivity contribution in [2.75, 3.05) is 13.2 Å². The minimum absolute atomic E-state index is 0.0752. The molecule has 0 aliphatic carbocycles. The van der Waals surface area contributed by atoms with Gasteiger partial charge >= 0.3 is 17.9 Å². The Morgan fingerprint density at radius 1 is 0.351 bits per heavy atom. The lowest BCUT2D eigenvalue weighted by molar-refractivity contribution is -0.167. The molecule has 0 aromatic heterocycles. The first-order valence-corrected chi connectivity index (χ1v) is 24.9. The van der Waals surface area contributed by atoms with Gasteiger partial charge in [0.1, 0.15) is 13.2 Å². The third-order valence-corrected chi connectivity index (χ3v) is 11.0. The highest BCUT2D eigenvalue weighted by Gasteiger charge is 2.19. The highest BCUT2D eigenvalue weighted by atomic mass is 16.6. The number of ether oxygens (including phenoxy) is 3. The molecule has 0 bridgehead atoms. The monoisotopic (exact) mass is 803 g/mol. The van der Waals surface area contributed by atoms with Crippen LogP contribution in [0, 0.1) is 0 Å². The van der Waals surface area contributed by atoms with Crippen LogP contribution in [0.1, 0.15) is 265 Å². The summed E-state index contributed by atoms with van der Waals surface area (Å²) in [6.45, 7) is 6.62. The van der Waals surface area contributed by atoms with Gasteiger partial charge in [0, 0.05) is 19.3 Å². The molecule has 0 radical (unpaired) electrons. The van der Waals surface area contributed by atoms with E-state index in [1.165, 1.54) is 154 Å². The summed E-state index contributed by atoms with van der Waals surface area (Å²) in [7, 11) is 0. The minimum Gasteiger partial charge on any atom is -0.462 e. The first-order valence-electron chi connectivity index (χ1n) is 24.9. The molecule has 0 aromatic rings. The van der Waals surface area contributed by atoms with Crippen molar-refractivity contribution in [3.63, 3.8) is 0 Å². The van der Waals surface area contributed by atoms with E-state index in [-0.39, 0.29) is 31.1 Å². The van der Waals surface area contributed by atoms with Gasteiger partial charge in [-0.2, -0.15) is 0 Å². The molecule has 0 saturated heterocycles. The van der Waals surface area contributed by atoms with Crippen LogP contribution in [0.3, 0.4) is 0 Å². The molecule has 0 fully saturated rings. The van der Waals surface area contributed by atoms with Crippen LogP contribution in [0.4, 0.5) is 0 Å². The number of carbonyl (C=O) groups excluding carboxylic acids is 3. The molecule has 1 atom stereocenters. The van der Waals surface area contributed by atoms with E-state index >= 15 is 0 Å². The topological polar surface area (TPSA) is 78.9 Å². The van der Waals surface area contributed by atoms with Crippen molar-refractivity contribution in [1.29, 1.82) is 0 Å². The maximum Gasteiger partial charge on any atom is 0.306 e. The van der Waals surface area contributed by atoms with Gasteiger partial charge in [-0.1, -0.05) is 225 Å². The fourth-order valence-electron chi connectivity index (χ4n) is 7.20.